The van der Waals surface area contributed by atoms with Gasteiger partial charge in [0.2, 0.25) is 6.29 Å². The van der Waals surface area contributed by atoms with Gasteiger partial charge in [-0.15, -0.1) is 0 Å². The molecule has 0 spiro atoms. The molecule has 0 aromatic heterocycles. The van der Waals surface area contributed by atoms with Crippen molar-refractivity contribution in [2.45, 2.75) is 105 Å². The molecule has 0 amide bonds. The summed E-state index contributed by atoms with van der Waals surface area (Å²) in [5.74, 6) is 0.456. The fourth-order valence-electron chi connectivity index (χ4n) is 6.77. The van der Waals surface area contributed by atoms with Gasteiger partial charge in [0.25, 0.3) is 0 Å². The van der Waals surface area contributed by atoms with Gasteiger partial charge >= 0.3 is 5.97 Å². The van der Waals surface area contributed by atoms with E-state index in [1.807, 2.05) is 155 Å². The minimum absolute atomic E-state index is 0. The van der Waals surface area contributed by atoms with E-state index in [4.69, 9.17) is 33.2 Å². The van der Waals surface area contributed by atoms with Gasteiger partial charge in [-0.2, -0.15) is 0 Å². The van der Waals surface area contributed by atoms with E-state index in [-0.39, 0.29) is 27.2 Å². The summed E-state index contributed by atoms with van der Waals surface area (Å²) < 4.78 is 45.8. The van der Waals surface area contributed by atoms with E-state index in [0.29, 0.717) is 32.7 Å². The molecule has 0 N–H and O–H groups in total. The molecule has 1 aliphatic rings. The Labute approximate surface area is 345 Å². The summed E-state index contributed by atoms with van der Waals surface area (Å²) in [5, 5.41) is 0. The van der Waals surface area contributed by atoms with Crippen LogP contribution in [0.4, 0.5) is 0 Å². The smallest absolute Gasteiger partial charge is 0.313 e. The van der Waals surface area contributed by atoms with Crippen molar-refractivity contribution in [3.8, 4) is 5.75 Å². The second-order valence-electron chi connectivity index (χ2n) is 15.3. The number of esters is 1. The number of ether oxygens (including phenoxy) is 7. The molecule has 0 aliphatic carbocycles. The minimum atomic E-state index is -1.12. The Morgan fingerprint density at radius 3 is 1.64 bits per heavy atom. The quantitative estimate of drug-likeness (QED) is 0.0570. The van der Waals surface area contributed by atoms with Crippen molar-refractivity contribution in [3.05, 3.63) is 173 Å². The zero-order valence-electron chi connectivity index (χ0n) is 33.6. The lowest BCUT2D eigenvalue weighted by atomic mass is 9.88. The maximum absolute atomic E-state index is 14.2. The highest BCUT2D eigenvalue weighted by Crippen LogP contribution is 2.34. The van der Waals surface area contributed by atoms with E-state index in [1.54, 1.807) is 0 Å². The van der Waals surface area contributed by atoms with Crippen LogP contribution < -0.4 is 4.74 Å². The average molecular weight is 789 g/mol. The molecule has 6 rings (SSSR count). The van der Waals surface area contributed by atoms with Crippen LogP contribution in [-0.2, 0) is 59.6 Å². The number of hydrogen-bond acceptors (Lipinski definition) is 8. The Morgan fingerprint density at radius 2 is 1.10 bits per heavy atom. The van der Waals surface area contributed by atoms with Gasteiger partial charge in [-0.25, -0.2) is 0 Å². The number of hydrogen-bond donors (Lipinski definition) is 0. The highest BCUT2D eigenvalue weighted by molar-refractivity contribution is 5.76. The second-order valence-corrected chi connectivity index (χ2v) is 15.3. The summed E-state index contributed by atoms with van der Waals surface area (Å²) in [7, 11) is 0. The average Bonchev–Trinajstić information content (AvgIpc) is 3.23. The van der Waals surface area contributed by atoms with Gasteiger partial charge in [0.1, 0.15) is 30.2 Å². The zero-order chi connectivity index (χ0) is 39.9. The van der Waals surface area contributed by atoms with Gasteiger partial charge in [0.15, 0.2) is 0 Å². The van der Waals surface area contributed by atoms with Crippen molar-refractivity contribution >= 4 is 5.97 Å². The van der Waals surface area contributed by atoms with E-state index in [1.165, 1.54) is 0 Å². The first-order valence-corrected chi connectivity index (χ1v) is 19.9. The monoisotopic (exact) mass is 788 g/mol. The fraction of sp³-hybridized carbons (Fsp3) is 0.380. The van der Waals surface area contributed by atoms with Crippen molar-refractivity contribution in [3.63, 3.8) is 0 Å². The van der Waals surface area contributed by atoms with Gasteiger partial charge in [-0.1, -0.05) is 141 Å². The molecule has 5 aromatic rings. The van der Waals surface area contributed by atoms with Crippen LogP contribution in [0.5, 0.6) is 5.75 Å². The molecule has 0 saturated carbocycles. The maximum Gasteiger partial charge on any atom is 0.313 e. The highest BCUT2D eigenvalue weighted by Gasteiger charge is 2.51. The molecule has 8 nitrogen and oxygen atoms in total. The molecule has 8 heteroatoms. The van der Waals surface area contributed by atoms with Gasteiger partial charge < -0.3 is 33.2 Å². The van der Waals surface area contributed by atoms with Crippen LogP contribution >= 0.6 is 0 Å². The molecule has 1 heterocycles. The summed E-state index contributed by atoms with van der Waals surface area (Å²) in [6.45, 7) is 9.71. The summed E-state index contributed by atoms with van der Waals surface area (Å²) >= 11 is 0. The van der Waals surface area contributed by atoms with Crippen molar-refractivity contribution in [2.24, 2.45) is 5.41 Å². The molecule has 58 heavy (non-hydrogen) atoms. The lowest BCUT2D eigenvalue weighted by Gasteiger charge is -2.46. The summed E-state index contributed by atoms with van der Waals surface area (Å²) in [6.07, 6.45) is -2.77. The van der Waals surface area contributed by atoms with Crippen LogP contribution in [0.2, 0.25) is 0 Å². The van der Waals surface area contributed by atoms with Crippen LogP contribution in [0.3, 0.4) is 0 Å². The number of benzene rings is 5. The van der Waals surface area contributed by atoms with E-state index in [2.05, 4.69) is 12.1 Å². The van der Waals surface area contributed by atoms with Gasteiger partial charge in [-0.3, -0.25) is 4.79 Å². The van der Waals surface area contributed by atoms with Gasteiger partial charge in [0.05, 0.1) is 45.1 Å². The fourth-order valence-corrected chi connectivity index (χ4v) is 6.77. The first-order valence-electron chi connectivity index (χ1n) is 19.9. The molecule has 1 fully saturated rings. The van der Waals surface area contributed by atoms with Crippen LogP contribution in [0, 0.1) is 19.3 Å². The van der Waals surface area contributed by atoms with E-state index in [9.17, 15) is 4.79 Å². The molecule has 5 atom stereocenters. The normalized spacial score (nSPS) is 19.2. The first kappa shape index (κ1) is 44.3. The lowest BCUT2D eigenvalue weighted by Crippen LogP contribution is -2.62. The lowest BCUT2D eigenvalue weighted by molar-refractivity contribution is -0.322. The number of carbonyl (C=O) groups is 1. The predicted molar refractivity (Wildman–Crippen MR) is 227 cm³/mol. The predicted octanol–water partition coefficient (Wildman–Crippen LogP) is 10.4. The Balaban J connectivity index is 0.00000641. The maximum atomic E-state index is 14.2. The molecule has 0 radical (unpaired) electrons. The van der Waals surface area contributed by atoms with Crippen LogP contribution in [0.25, 0.3) is 0 Å². The highest BCUT2D eigenvalue weighted by atomic mass is 16.7. The van der Waals surface area contributed by atoms with E-state index >= 15 is 0 Å². The second kappa shape index (κ2) is 22.4. The number of carbonyl (C=O) groups excluding carboxylic acids is 1. The third kappa shape index (κ3) is 13.1. The standard InChI is InChI=1S/C49H56O8.CH4/c1-36-26-27-37(2)42(30-36)52-29-17-28-49(3,4)48(50)57-47-46(55-34-41-24-15-8-16-25-41)45(54-33-40-22-13-7-14-23-40)44(53-32-39-20-11-6-12-21-39)43(56-47)35-51-31-38-18-9-5-10-19-38;/h5-16,18-27,30,43-47H,17,28-29,31-35H2,1-4H3;1H4/t43-,44-,45+,46-,47-;/m1./s1. The summed E-state index contributed by atoms with van der Waals surface area (Å²) in [4.78, 5) is 14.2. The van der Waals surface area contributed by atoms with E-state index < -0.39 is 42.1 Å². The molecule has 1 aliphatic heterocycles. The molecular weight excluding hydrogens is 729 g/mol. The molecule has 5 aromatic carbocycles. The topological polar surface area (TPSA) is 81.7 Å². The molecular formula is C50H60O8. The Bertz CT molecular complexity index is 1920. The van der Waals surface area contributed by atoms with Crippen molar-refractivity contribution in [1.29, 1.82) is 0 Å². The third-order valence-electron chi connectivity index (χ3n) is 10.2. The number of rotatable bonds is 20. The first-order chi connectivity index (χ1) is 27.7. The van der Waals surface area contributed by atoms with Gasteiger partial charge in [-0.05, 0) is 80.0 Å². The van der Waals surface area contributed by atoms with Crippen LogP contribution in [-0.4, -0.2) is 49.9 Å². The van der Waals surface area contributed by atoms with Crippen molar-refractivity contribution < 1.29 is 38.0 Å². The van der Waals surface area contributed by atoms with Crippen molar-refractivity contribution in [1.82, 2.24) is 0 Å². The van der Waals surface area contributed by atoms with Crippen molar-refractivity contribution in [2.75, 3.05) is 13.2 Å². The summed E-state index contributed by atoms with van der Waals surface area (Å²) in [5.41, 5.74) is 5.35. The minimum Gasteiger partial charge on any atom is -0.493 e. The Hall–Kier alpha value is -4.83. The van der Waals surface area contributed by atoms with Crippen LogP contribution in [0.1, 0.15) is 67.5 Å². The van der Waals surface area contributed by atoms with Crippen LogP contribution in [0.15, 0.2) is 140 Å². The molecule has 1 saturated heterocycles. The summed E-state index contributed by atoms with van der Waals surface area (Å²) in [6, 6.07) is 46.0. The molecule has 0 unspecified atom stereocenters. The number of aryl methyl sites for hydroxylation is 2. The SMILES string of the molecule is C.Cc1ccc(C)c(OCCCC(C)(C)C(=O)O[C@H]2O[C@H](COCc3ccccc3)[C@@H](OCc3ccccc3)[C@H](OCc3ccccc3)[C@H]2OCc2ccccc2)c1. The molecule has 308 valence electrons. The Kier molecular flexibility index (Phi) is 17.1. The Morgan fingerprint density at radius 1 is 0.621 bits per heavy atom. The van der Waals surface area contributed by atoms with Gasteiger partial charge in [0, 0.05) is 0 Å². The zero-order valence-corrected chi connectivity index (χ0v) is 33.6. The molecule has 0 bridgehead atoms. The van der Waals surface area contributed by atoms with E-state index in [0.717, 1.165) is 39.1 Å². The largest absolute Gasteiger partial charge is 0.493 e. The third-order valence-corrected chi connectivity index (χ3v) is 10.2.